The first-order valence-electron chi connectivity index (χ1n) is 8.14. The van der Waals surface area contributed by atoms with Gasteiger partial charge in [-0.2, -0.15) is 0 Å². The van der Waals surface area contributed by atoms with Gasteiger partial charge in [0, 0.05) is 13.1 Å². The summed E-state index contributed by atoms with van der Waals surface area (Å²) in [4.78, 5) is 14.3. The average Bonchev–Trinajstić information content (AvgIpc) is 2.47. The van der Waals surface area contributed by atoms with Crippen LogP contribution in [0.2, 0.25) is 0 Å². The van der Waals surface area contributed by atoms with Crippen molar-refractivity contribution in [1.29, 1.82) is 0 Å². The summed E-state index contributed by atoms with van der Waals surface area (Å²) in [7, 11) is 0. The minimum atomic E-state index is -0.595. The lowest BCUT2D eigenvalue weighted by Crippen LogP contribution is -2.45. The van der Waals surface area contributed by atoms with E-state index in [9.17, 15) is 9.90 Å². The number of nitrogens with zero attached hydrogens (tertiary/aromatic N) is 1. The Bertz CT molecular complexity index is 526. The third kappa shape index (κ3) is 3.46. The molecule has 1 aromatic rings. The van der Waals surface area contributed by atoms with Crippen molar-refractivity contribution in [3.05, 3.63) is 34.9 Å². The molecule has 0 spiro atoms. The van der Waals surface area contributed by atoms with Crippen molar-refractivity contribution in [3.63, 3.8) is 0 Å². The van der Waals surface area contributed by atoms with Gasteiger partial charge in [0.25, 0.3) is 0 Å². The fraction of sp³-hybridized carbons (Fsp3) is 0.611. The second-order valence-electron chi connectivity index (χ2n) is 6.86. The van der Waals surface area contributed by atoms with Gasteiger partial charge in [0.2, 0.25) is 5.91 Å². The number of aliphatic hydroxyl groups is 1. The van der Waals surface area contributed by atoms with E-state index in [1.54, 1.807) is 0 Å². The average molecular weight is 287 g/mol. The van der Waals surface area contributed by atoms with E-state index >= 15 is 0 Å². The number of hydrogen-bond acceptors (Lipinski definition) is 2. The third-order valence-electron chi connectivity index (χ3n) is 4.96. The van der Waals surface area contributed by atoms with Crippen LogP contribution in [0.1, 0.15) is 49.3 Å². The van der Waals surface area contributed by atoms with E-state index in [4.69, 9.17) is 0 Å². The van der Waals surface area contributed by atoms with E-state index in [-0.39, 0.29) is 5.91 Å². The van der Waals surface area contributed by atoms with E-state index in [1.165, 1.54) is 30.4 Å². The molecule has 0 aromatic heterocycles. The van der Waals surface area contributed by atoms with Crippen molar-refractivity contribution in [2.75, 3.05) is 13.1 Å². The van der Waals surface area contributed by atoms with Crippen molar-refractivity contribution in [1.82, 2.24) is 4.90 Å². The number of aryl methyl sites for hydroxylation is 2. The SMILES string of the molecule is CC1(O)CCN(C(=O)Cc2ccc3c(c2)CCCC3)CC1. The highest BCUT2D eigenvalue weighted by molar-refractivity contribution is 5.79. The highest BCUT2D eigenvalue weighted by Crippen LogP contribution is 2.24. The van der Waals surface area contributed by atoms with Gasteiger partial charge in [-0.1, -0.05) is 18.2 Å². The summed E-state index contributed by atoms with van der Waals surface area (Å²) in [5, 5.41) is 9.96. The topological polar surface area (TPSA) is 40.5 Å². The van der Waals surface area contributed by atoms with Crippen LogP contribution < -0.4 is 0 Å². The van der Waals surface area contributed by atoms with Crippen molar-refractivity contribution >= 4 is 5.91 Å². The van der Waals surface area contributed by atoms with Gasteiger partial charge >= 0.3 is 0 Å². The largest absolute Gasteiger partial charge is 0.390 e. The van der Waals surface area contributed by atoms with Crippen LogP contribution in [0.25, 0.3) is 0 Å². The summed E-state index contributed by atoms with van der Waals surface area (Å²) in [6.45, 7) is 3.21. The van der Waals surface area contributed by atoms with Crippen LogP contribution in [0.4, 0.5) is 0 Å². The van der Waals surface area contributed by atoms with Crippen LogP contribution in [0.15, 0.2) is 18.2 Å². The van der Waals surface area contributed by atoms with E-state index in [0.717, 1.165) is 12.0 Å². The lowest BCUT2D eigenvalue weighted by molar-refractivity contribution is -0.134. The number of piperidine rings is 1. The van der Waals surface area contributed by atoms with Gasteiger partial charge in [0.1, 0.15) is 0 Å². The molecular weight excluding hydrogens is 262 g/mol. The highest BCUT2D eigenvalue weighted by Gasteiger charge is 2.29. The molecule has 3 nitrogen and oxygen atoms in total. The number of hydrogen-bond donors (Lipinski definition) is 1. The molecule has 1 heterocycles. The molecule has 3 rings (SSSR count). The minimum absolute atomic E-state index is 0.196. The molecule has 1 aliphatic heterocycles. The zero-order valence-corrected chi connectivity index (χ0v) is 12.9. The molecule has 1 fully saturated rings. The van der Waals surface area contributed by atoms with Crippen molar-refractivity contribution < 1.29 is 9.90 Å². The molecule has 1 aliphatic carbocycles. The van der Waals surface area contributed by atoms with Crippen molar-refractivity contribution in [2.24, 2.45) is 0 Å². The maximum atomic E-state index is 12.4. The molecule has 1 aromatic carbocycles. The minimum Gasteiger partial charge on any atom is -0.390 e. The quantitative estimate of drug-likeness (QED) is 0.908. The Morgan fingerprint density at radius 3 is 2.57 bits per heavy atom. The normalized spacial score (nSPS) is 21.0. The Balaban J connectivity index is 1.62. The Kier molecular flexibility index (Phi) is 4.03. The summed E-state index contributed by atoms with van der Waals surface area (Å²) in [6, 6.07) is 6.55. The number of amides is 1. The van der Waals surface area contributed by atoms with E-state index < -0.39 is 5.60 Å². The van der Waals surface area contributed by atoms with Crippen LogP contribution >= 0.6 is 0 Å². The van der Waals surface area contributed by atoms with E-state index in [2.05, 4.69) is 18.2 Å². The summed E-state index contributed by atoms with van der Waals surface area (Å²) in [6.07, 6.45) is 6.76. The maximum Gasteiger partial charge on any atom is 0.226 e. The first-order valence-corrected chi connectivity index (χ1v) is 8.14. The zero-order valence-electron chi connectivity index (χ0n) is 12.9. The number of carbonyl (C=O) groups excluding carboxylic acids is 1. The summed E-state index contributed by atoms with van der Waals surface area (Å²) >= 11 is 0. The predicted molar refractivity (Wildman–Crippen MR) is 83.2 cm³/mol. The van der Waals surface area contributed by atoms with Crippen LogP contribution in [-0.4, -0.2) is 34.6 Å². The monoisotopic (exact) mass is 287 g/mol. The molecule has 1 amide bonds. The maximum absolute atomic E-state index is 12.4. The highest BCUT2D eigenvalue weighted by atomic mass is 16.3. The summed E-state index contributed by atoms with van der Waals surface area (Å²) in [5.41, 5.74) is 3.44. The molecule has 0 radical (unpaired) electrons. The van der Waals surface area contributed by atoms with Crippen molar-refractivity contribution in [2.45, 2.75) is 57.5 Å². The van der Waals surface area contributed by atoms with Gasteiger partial charge in [-0.25, -0.2) is 0 Å². The Morgan fingerprint density at radius 2 is 1.86 bits per heavy atom. The van der Waals surface area contributed by atoms with Crippen LogP contribution in [0.5, 0.6) is 0 Å². The van der Waals surface area contributed by atoms with Gasteiger partial charge in [-0.05, 0) is 62.1 Å². The Hall–Kier alpha value is -1.35. The molecule has 3 heteroatoms. The molecule has 21 heavy (non-hydrogen) atoms. The first kappa shape index (κ1) is 14.6. The van der Waals surface area contributed by atoms with Gasteiger partial charge in [0.05, 0.1) is 12.0 Å². The fourth-order valence-corrected chi connectivity index (χ4v) is 3.42. The summed E-state index contributed by atoms with van der Waals surface area (Å²) in [5.74, 6) is 0.196. The van der Waals surface area contributed by atoms with Gasteiger partial charge < -0.3 is 10.0 Å². The Labute approximate surface area is 127 Å². The van der Waals surface area contributed by atoms with Gasteiger partial charge in [-0.15, -0.1) is 0 Å². The molecular formula is C18H25NO2. The summed E-state index contributed by atoms with van der Waals surface area (Å²) < 4.78 is 0. The fourth-order valence-electron chi connectivity index (χ4n) is 3.42. The van der Waals surface area contributed by atoms with Crippen molar-refractivity contribution in [3.8, 4) is 0 Å². The molecule has 1 saturated heterocycles. The lowest BCUT2D eigenvalue weighted by Gasteiger charge is -2.35. The zero-order chi connectivity index (χ0) is 14.9. The number of fused-ring (bicyclic) bond motifs is 1. The number of carbonyl (C=O) groups is 1. The Morgan fingerprint density at radius 1 is 1.19 bits per heavy atom. The first-order chi connectivity index (χ1) is 10.0. The van der Waals surface area contributed by atoms with Crippen LogP contribution in [0, 0.1) is 0 Å². The molecule has 0 unspecified atom stereocenters. The number of likely N-dealkylation sites (tertiary alicyclic amines) is 1. The van der Waals surface area contributed by atoms with Gasteiger partial charge in [-0.3, -0.25) is 4.79 Å². The van der Waals surface area contributed by atoms with E-state index in [0.29, 0.717) is 32.4 Å². The molecule has 0 bridgehead atoms. The van der Waals surface area contributed by atoms with E-state index in [1.807, 2.05) is 11.8 Å². The number of benzene rings is 1. The lowest BCUT2D eigenvalue weighted by atomic mass is 9.89. The van der Waals surface area contributed by atoms with Gasteiger partial charge in [0.15, 0.2) is 0 Å². The predicted octanol–water partition coefficient (Wildman–Crippen LogP) is 2.48. The molecule has 114 valence electrons. The molecule has 1 N–H and O–H groups in total. The molecule has 2 aliphatic rings. The molecule has 0 saturated carbocycles. The van der Waals surface area contributed by atoms with Crippen LogP contribution in [-0.2, 0) is 24.1 Å². The standard InChI is InChI=1S/C18H25NO2/c1-18(21)8-10-19(11-9-18)17(20)13-14-6-7-15-4-2-3-5-16(15)12-14/h6-7,12,21H,2-5,8-11,13H2,1H3. The second-order valence-corrected chi connectivity index (χ2v) is 6.86. The molecule has 0 atom stereocenters. The smallest absolute Gasteiger partial charge is 0.226 e. The van der Waals surface area contributed by atoms with Crippen LogP contribution in [0.3, 0.4) is 0 Å². The second kappa shape index (κ2) is 5.80. The third-order valence-corrected chi connectivity index (χ3v) is 4.96. The number of rotatable bonds is 2.